The third kappa shape index (κ3) is 2.94. The van der Waals surface area contributed by atoms with Gasteiger partial charge in [-0.1, -0.05) is 30.3 Å². The summed E-state index contributed by atoms with van der Waals surface area (Å²) in [6, 6.07) is 10.9. The average molecular weight is 256 g/mol. The summed E-state index contributed by atoms with van der Waals surface area (Å²) >= 11 is 0.559. The molecule has 0 spiro atoms. The van der Waals surface area contributed by atoms with Crippen molar-refractivity contribution in [1.29, 1.82) is 0 Å². The van der Waals surface area contributed by atoms with Crippen LogP contribution in [-0.4, -0.2) is 0 Å². The molecule has 2 rings (SSSR count). The van der Waals surface area contributed by atoms with Crippen molar-refractivity contribution in [1.82, 2.24) is 0 Å². The van der Waals surface area contributed by atoms with E-state index in [0.29, 0.717) is 16.9 Å². The second-order valence-corrected chi connectivity index (χ2v) is 4.01. The highest BCUT2D eigenvalue weighted by molar-refractivity contribution is 7.94. The molecular weight excluding hydrogens is 249 g/mol. The first kappa shape index (κ1) is 11.9. The van der Waals surface area contributed by atoms with Crippen LogP contribution in [-0.2, 0) is 4.18 Å². The number of halogens is 3. The molecule has 0 aliphatic rings. The number of hydrogen-bond donors (Lipinski definition) is 0. The highest BCUT2D eigenvalue weighted by Crippen LogP contribution is 2.27. The van der Waals surface area contributed by atoms with Gasteiger partial charge in [-0.05, 0) is 22.9 Å². The van der Waals surface area contributed by atoms with Crippen molar-refractivity contribution in [3.8, 4) is 0 Å². The van der Waals surface area contributed by atoms with Gasteiger partial charge in [-0.25, -0.2) is 0 Å². The van der Waals surface area contributed by atoms with E-state index in [4.69, 9.17) is 0 Å². The van der Waals surface area contributed by atoms with Crippen LogP contribution in [0.15, 0.2) is 59.5 Å². The van der Waals surface area contributed by atoms with Crippen molar-refractivity contribution < 1.29 is 17.4 Å². The zero-order chi connectivity index (χ0) is 12.3. The lowest BCUT2D eigenvalue weighted by atomic mass is 10.1. The minimum atomic E-state index is -2.46. The SMILES string of the molecule is FC(F)=C(F)OSc1ccc2ccccc2c1. The van der Waals surface area contributed by atoms with Crippen LogP contribution < -0.4 is 0 Å². The highest BCUT2D eigenvalue weighted by atomic mass is 32.2. The molecule has 0 unspecified atom stereocenters. The maximum atomic E-state index is 12.4. The van der Waals surface area contributed by atoms with Gasteiger partial charge in [0.2, 0.25) is 0 Å². The minimum absolute atomic E-state index is 0.556. The Morgan fingerprint density at radius 2 is 1.65 bits per heavy atom. The molecule has 5 heteroatoms. The van der Waals surface area contributed by atoms with E-state index >= 15 is 0 Å². The molecule has 0 heterocycles. The summed E-state index contributed by atoms with van der Waals surface area (Å²) in [4.78, 5) is 0.556. The van der Waals surface area contributed by atoms with Crippen molar-refractivity contribution in [2.75, 3.05) is 0 Å². The fourth-order valence-corrected chi connectivity index (χ4v) is 1.87. The number of rotatable bonds is 3. The number of fused-ring (bicyclic) bond motifs is 1. The molecule has 1 nitrogen and oxygen atoms in total. The normalized spacial score (nSPS) is 10.3. The molecule has 0 aromatic heterocycles. The Bertz CT molecular complexity index is 564. The first-order valence-electron chi connectivity index (χ1n) is 4.71. The average Bonchev–Trinajstić information content (AvgIpc) is 2.35. The second-order valence-electron chi connectivity index (χ2n) is 3.21. The Morgan fingerprint density at radius 3 is 2.35 bits per heavy atom. The molecule has 0 N–H and O–H groups in total. The Labute approximate surface area is 100 Å². The van der Waals surface area contributed by atoms with Crippen LogP contribution in [0.5, 0.6) is 0 Å². The maximum Gasteiger partial charge on any atom is 0.351 e. The van der Waals surface area contributed by atoms with Gasteiger partial charge >= 0.3 is 12.1 Å². The fourth-order valence-electron chi connectivity index (χ4n) is 1.34. The summed E-state index contributed by atoms with van der Waals surface area (Å²) < 4.78 is 40.1. The van der Waals surface area contributed by atoms with E-state index < -0.39 is 12.1 Å². The molecule has 0 amide bonds. The summed E-state index contributed by atoms with van der Waals surface area (Å²) in [5, 5.41) is 1.95. The Balaban J connectivity index is 2.17. The lowest BCUT2D eigenvalue weighted by Gasteiger charge is -2.02. The lowest BCUT2D eigenvalue weighted by molar-refractivity contribution is 0.266. The number of benzene rings is 2. The first-order valence-corrected chi connectivity index (χ1v) is 5.45. The Hall–Kier alpha value is -1.62. The van der Waals surface area contributed by atoms with Gasteiger partial charge in [-0.2, -0.15) is 13.2 Å². The molecule has 0 aliphatic heterocycles. The predicted molar refractivity (Wildman–Crippen MR) is 61.2 cm³/mol. The van der Waals surface area contributed by atoms with Crippen LogP contribution in [0.4, 0.5) is 13.2 Å². The van der Waals surface area contributed by atoms with Gasteiger partial charge in [0.15, 0.2) is 0 Å². The molecule has 0 bridgehead atoms. The molecule has 0 saturated carbocycles. The van der Waals surface area contributed by atoms with Crippen molar-refractivity contribution in [2.24, 2.45) is 0 Å². The maximum absolute atomic E-state index is 12.4. The molecule has 0 radical (unpaired) electrons. The van der Waals surface area contributed by atoms with Crippen LogP contribution >= 0.6 is 12.0 Å². The standard InChI is InChI=1S/C12H7F3OS/c13-11(14)12(15)16-17-10-6-5-8-3-1-2-4-9(8)7-10/h1-7H. The summed E-state index contributed by atoms with van der Waals surface area (Å²) in [6.45, 7) is 0. The van der Waals surface area contributed by atoms with E-state index in [1.807, 2.05) is 30.3 Å². The number of hydrogen-bond acceptors (Lipinski definition) is 2. The largest absolute Gasteiger partial charge is 0.387 e. The smallest absolute Gasteiger partial charge is 0.351 e. The van der Waals surface area contributed by atoms with Crippen molar-refractivity contribution in [2.45, 2.75) is 4.90 Å². The van der Waals surface area contributed by atoms with E-state index in [9.17, 15) is 13.2 Å². The fraction of sp³-hybridized carbons (Fsp3) is 0. The van der Waals surface area contributed by atoms with E-state index in [0.717, 1.165) is 10.8 Å². The lowest BCUT2D eigenvalue weighted by Crippen LogP contribution is -1.79. The van der Waals surface area contributed by atoms with E-state index in [-0.39, 0.29) is 0 Å². The van der Waals surface area contributed by atoms with Gasteiger partial charge < -0.3 is 4.18 Å². The molecule has 0 aliphatic carbocycles. The first-order chi connectivity index (χ1) is 8.16. The zero-order valence-corrected chi connectivity index (χ0v) is 9.31. The van der Waals surface area contributed by atoms with Gasteiger partial charge in [0.05, 0.1) is 12.0 Å². The van der Waals surface area contributed by atoms with Crippen LogP contribution in [0.25, 0.3) is 10.8 Å². The molecule has 0 fully saturated rings. The molecule has 88 valence electrons. The third-order valence-electron chi connectivity index (χ3n) is 2.08. The van der Waals surface area contributed by atoms with Crippen molar-refractivity contribution >= 4 is 22.8 Å². The molecule has 17 heavy (non-hydrogen) atoms. The minimum Gasteiger partial charge on any atom is -0.387 e. The highest BCUT2D eigenvalue weighted by Gasteiger charge is 2.07. The van der Waals surface area contributed by atoms with Crippen LogP contribution in [0.2, 0.25) is 0 Å². The van der Waals surface area contributed by atoms with E-state index in [2.05, 4.69) is 4.18 Å². The van der Waals surface area contributed by atoms with E-state index in [1.54, 1.807) is 12.1 Å². The van der Waals surface area contributed by atoms with Gasteiger partial charge in [0.1, 0.15) is 0 Å². The van der Waals surface area contributed by atoms with Gasteiger partial charge in [0.25, 0.3) is 0 Å². The third-order valence-corrected chi connectivity index (χ3v) is 2.76. The summed E-state index contributed by atoms with van der Waals surface area (Å²) in [5.74, 6) is 0. The topological polar surface area (TPSA) is 9.23 Å². The Morgan fingerprint density at radius 1 is 0.941 bits per heavy atom. The zero-order valence-electron chi connectivity index (χ0n) is 8.49. The predicted octanol–water partition coefficient (Wildman–Crippen LogP) is 4.90. The van der Waals surface area contributed by atoms with Crippen LogP contribution in [0.3, 0.4) is 0 Å². The molecular formula is C12H7F3OS. The molecule has 2 aromatic rings. The summed E-state index contributed by atoms with van der Waals surface area (Å²) in [6.07, 6.45) is -2.46. The van der Waals surface area contributed by atoms with Gasteiger partial charge in [-0.15, -0.1) is 0 Å². The monoisotopic (exact) mass is 256 g/mol. The van der Waals surface area contributed by atoms with Gasteiger partial charge in [-0.3, -0.25) is 0 Å². The summed E-state index contributed by atoms with van der Waals surface area (Å²) in [7, 11) is 0. The Kier molecular flexibility index (Phi) is 3.58. The second kappa shape index (κ2) is 5.14. The van der Waals surface area contributed by atoms with Crippen LogP contribution in [0, 0.1) is 0 Å². The van der Waals surface area contributed by atoms with Crippen molar-refractivity contribution in [3.63, 3.8) is 0 Å². The van der Waals surface area contributed by atoms with E-state index in [1.165, 1.54) is 0 Å². The molecule has 0 saturated heterocycles. The van der Waals surface area contributed by atoms with Gasteiger partial charge in [0, 0.05) is 4.90 Å². The van der Waals surface area contributed by atoms with Crippen LogP contribution in [0.1, 0.15) is 0 Å². The molecule has 0 atom stereocenters. The van der Waals surface area contributed by atoms with Crippen molar-refractivity contribution in [3.05, 3.63) is 54.6 Å². The summed E-state index contributed by atoms with van der Waals surface area (Å²) in [5.41, 5.74) is 0. The molecule has 2 aromatic carbocycles. The quantitative estimate of drug-likeness (QED) is 0.570.